The van der Waals surface area contributed by atoms with Gasteiger partial charge >= 0.3 is 0 Å². The fourth-order valence-electron chi connectivity index (χ4n) is 4.32. The maximum Gasteiger partial charge on any atom is 0.160 e. The second-order valence-electron chi connectivity index (χ2n) is 10.2. The van der Waals surface area contributed by atoms with Crippen LogP contribution in [-0.2, 0) is 0 Å². The molecule has 4 nitrogen and oxygen atoms in total. The van der Waals surface area contributed by atoms with Crippen LogP contribution in [0, 0.1) is 0 Å². The van der Waals surface area contributed by atoms with Gasteiger partial charge in [0.05, 0.1) is 13.2 Å². The number of rotatable bonds is 20. The minimum atomic E-state index is 0.719. The zero-order valence-corrected chi connectivity index (χ0v) is 24.1. The van der Waals surface area contributed by atoms with E-state index in [0.29, 0.717) is 0 Å². The van der Waals surface area contributed by atoms with Crippen LogP contribution in [-0.4, -0.2) is 18.4 Å². The highest BCUT2D eigenvalue weighted by atomic mass is 16.5. The molecule has 3 aromatic rings. The molecule has 2 aromatic carbocycles. The first-order valence-corrected chi connectivity index (χ1v) is 15.1. The van der Waals surface area contributed by atoms with Crippen LogP contribution in [0.1, 0.15) is 113 Å². The standard InChI is InChI=1S/C35H47NO3/c1-3-5-7-9-11-13-27-37-33-22-16-30(17-23-33)15-21-32-29-35(39-36-32)26-20-31-18-24-34(25-19-31)38-28-14-12-10-8-6-4-2/h15-26,29H,3-14,27-28H2,1-2H3/b21-15+,26-20+. The molecule has 0 fully saturated rings. The molecule has 0 aliphatic carbocycles. The molecule has 0 saturated carbocycles. The Morgan fingerprint density at radius 2 is 1.03 bits per heavy atom. The lowest BCUT2D eigenvalue weighted by atomic mass is 10.1. The second kappa shape index (κ2) is 18.9. The third-order valence-corrected chi connectivity index (χ3v) is 6.73. The van der Waals surface area contributed by atoms with Gasteiger partial charge in [0, 0.05) is 6.07 Å². The van der Waals surface area contributed by atoms with Gasteiger partial charge in [-0.3, -0.25) is 0 Å². The first-order chi connectivity index (χ1) is 19.3. The van der Waals surface area contributed by atoms with Crippen molar-refractivity contribution >= 4 is 24.3 Å². The number of nitrogens with zero attached hydrogens (tertiary/aromatic N) is 1. The highest BCUT2D eigenvalue weighted by Gasteiger charge is 2.00. The molecular weight excluding hydrogens is 482 g/mol. The van der Waals surface area contributed by atoms with Gasteiger partial charge in [-0.2, -0.15) is 0 Å². The van der Waals surface area contributed by atoms with Crippen molar-refractivity contribution in [3.05, 3.63) is 77.2 Å². The zero-order chi connectivity index (χ0) is 27.4. The molecule has 0 atom stereocenters. The third-order valence-electron chi connectivity index (χ3n) is 6.73. The fraction of sp³-hybridized carbons (Fsp3) is 0.457. The first kappa shape index (κ1) is 30.3. The molecule has 1 heterocycles. The summed E-state index contributed by atoms with van der Waals surface area (Å²) in [4.78, 5) is 0. The van der Waals surface area contributed by atoms with Crippen LogP contribution in [0.4, 0.5) is 0 Å². The molecule has 3 rings (SSSR count). The van der Waals surface area contributed by atoms with Crippen molar-refractivity contribution in [2.75, 3.05) is 13.2 Å². The predicted octanol–water partition coefficient (Wildman–Crippen LogP) is 10.5. The van der Waals surface area contributed by atoms with Gasteiger partial charge in [-0.1, -0.05) is 120 Å². The summed E-state index contributed by atoms with van der Waals surface area (Å²) in [6, 6.07) is 18.3. The fourth-order valence-corrected chi connectivity index (χ4v) is 4.32. The molecule has 1 aromatic heterocycles. The maximum absolute atomic E-state index is 5.87. The lowest BCUT2D eigenvalue weighted by molar-refractivity contribution is 0.304. The van der Waals surface area contributed by atoms with Crippen molar-refractivity contribution in [2.45, 2.75) is 90.9 Å². The molecule has 4 heteroatoms. The number of aromatic nitrogens is 1. The minimum absolute atomic E-state index is 0.719. The Kier molecular flexibility index (Phi) is 14.7. The average molecular weight is 530 g/mol. The topological polar surface area (TPSA) is 44.5 Å². The molecular formula is C35H47NO3. The molecule has 0 spiro atoms. The molecule has 210 valence electrons. The average Bonchev–Trinajstić information content (AvgIpc) is 3.43. The van der Waals surface area contributed by atoms with Crippen molar-refractivity contribution < 1.29 is 14.0 Å². The molecule has 39 heavy (non-hydrogen) atoms. The zero-order valence-electron chi connectivity index (χ0n) is 24.1. The van der Waals surface area contributed by atoms with Crippen LogP contribution in [0.2, 0.25) is 0 Å². The Bertz CT molecular complexity index is 994. The Labute approximate surface area is 236 Å². The van der Waals surface area contributed by atoms with Crippen molar-refractivity contribution in [2.24, 2.45) is 0 Å². The van der Waals surface area contributed by atoms with Gasteiger partial charge in [-0.05, 0) is 60.4 Å². The normalized spacial score (nSPS) is 11.5. The van der Waals surface area contributed by atoms with Gasteiger partial charge < -0.3 is 14.0 Å². The van der Waals surface area contributed by atoms with Crippen LogP contribution >= 0.6 is 0 Å². The quantitative estimate of drug-likeness (QED) is 0.137. The van der Waals surface area contributed by atoms with Gasteiger partial charge in [0.15, 0.2) is 5.76 Å². The van der Waals surface area contributed by atoms with E-state index in [1.165, 1.54) is 64.2 Å². The van der Waals surface area contributed by atoms with Gasteiger partial charge in [0.25, 0.3) is 0 Å². The predicted molar refractivity (Wildman–Crippen MR) is 165 cm³/mol. The smallest absolute Gasteiger partial charge is 0.160 e. The summed E-state index contributed by atoms with van der Waals surface area (Å²) in [6.07, 6.45) is 23.2. The molecule has 0 aliphatic rings. The van der Waals surface area contributed by atoms with E-state index in [-0.39, 0.29) is 0 Å². The van der Waals surface area contributed by atoms with Crippen molar-refractivity contribution in [1.29, 1.82) is 0 Å². The lowest BCUT2D eigenvalue weighted by Gasteiger charge is -2.06. The second-order valence-corrected chi connectivity index (χ2v) is 10.2. The van der Waals surface area contributed by atoms with Crippen LogP contribution in [0.25, 0.3) is 24.3 Å². The third kappa shape index (κ3) is 12.9. The number of benzene rings is 2. The van der Waals surface area contributed by atoms with E-state index in [1.807, 2.05) is 54.6 Å². The lowest BCUT2D eigenvalue weighted by Crippen LogP contribution is -1.97. The molecule has 0 amide bonds. The Hall–Kier alpha value is -3.27. The molecule has 0 saturated heterocycles. The molecule has 0 N–H and O–H groups in total. The van der Waals surface area contributed by atoms with Crippen LogP contribution in [0.5, 0.6) is 11.5 Å². The molecule has 0 radical (unpaired) electrons. The summed E-state index contributed by atoms with van der Waals surface area (Å²) in [5.74, 6) is 2.56. The van der Waals surface area contributed by atoms with E-state index in [0.717, 1.165) is 60.1 Å². The van der Waals surface area contributed by atoms with Gasteiger partial charge in [-0.25, -0.2) is 0 Å². The monoisotopic (exact) mass is 529 g/mol. The van der Waals surface area contributed by atoms with E-state index in [9.17, 15) is 0 Å². The van der Waals surface area contributed by atoms with Gasteiger partial charge in [-0.15, -0.1) is 0 Å². The van der Waals surface area contributed by atoms with Crippen LogP contribution in [0.3, 0.4) is 0 Å². The number of ether oxygens (including phenoxy) is 2. The summed E-state index contributed by atoms with van der Waals surface area (Å²) in [7, 11) is 0. The van der Waals surface area contributed by atoms with E-state index in [2.05, 4.69) is 43.3 Å². The van der Waals surface area contributed by atoms with Crippen LogP contribution in [0.15, 0.2) is 59.1 Å². The largest absolute Gasteiger partial charge is 0.494 e. The van der Waals surface area contributed by atoms with E-state index >= 15 is 0 Å². The van der Waals surface area contributed by atoms with Gasteiger partial charge in [0.1, 0.15) is 17.2 Å². The highest BCUT2D eigenvalue weighted by molar-refractivity contribution is 5.71. The Morgan fingerprint density at radius 3 is 1.54 bits per heavy atom. The molecule has 0 aliphatic heterocycles. The number of unbranched alkanes of at least 4 members (excludes halogenated alkanes) is 10. The SMILES string of the molecule is CCCCCCCCOc1ccc(/C=C/c2cc(/C=C/c3ccc(OCCCCCCCC)cc3)on2)cc1. The van der Waals surface area contributed by atoms with Crippen LogP contribution < -0.4 is 9.47 Å². The maximum atomic E-state index is 5.87. The number of hydrogen-bond acceptors (Lipinski definition) is 4. The van der Waals surface area contributed by atoms with Gasteiger partial charge in [0.2, 0.25) is 0 Å². The summed E-state index contributed by atoms with van der Waals surface area (Å²) < 4.78 is 17.2. The van der Waals surface area contributed by atoms with E-state index in [4.69, 9.17) is 14.0 Å². The summed E-state index contributed by atoms with van der Waals surface area (Å²) in [5, 5.41) is 4.16. The summed E-state index contributed by atoms with van der Waals surface area (Å²) >= 11 is 0. The number of hydrogen-bond donors (Lipinski definition) is 0. The summed E-state index contributed by atoms with van der Waals surface area (Å²) in [5.41, 5.74) is 2.98. The van der Waals surface area contributed by atoms with E-state index < -0.39 is 0 Å². The Morgan fingerprint density at radius 1 is 0.564 bits per heavy atom. The molecule has 0 bridgehead atoms. The minimum Gasteiger partial charge on any atom is -0.494 e. The first-order valence-electron chi connectivity index (χ1n) is 15.1. The van der Waals surface area contributed by atoms with E-state index in [1.54, 1.807) is 0 Å². The molecule has 0 unspecified atom stereocenters. The Balaban J connectivity index is 1.36. The van der Waals surface area contributed by atoms with Crippen molar-refractivity contribution in [3.8, 4) is 11.5 Å². The van der Waals surface area contributed by atoms with Crippen molar-refractivity contribution in [1.82, 2.24) is 5.16 Å². The summed E-state index contributed by atoms with van der Waals surface area (Å²) in [6.45, 7) is 6.07. The highest BCUT2D eigenvalue weighted by Crippen LogP contribution is 2.18. The van der Waals surface area contributed by atoms with Crippen molar-refractivity contribution in [3.63, 3.8) is 0 Å².